The van der Waals surface area contributed by atoms with Crippen molar-refractivity contribution >= 4 is 5.91 Å². The van der Waals surface area contributed by atoms with Crippen LogP contribution in [0.25, 0.3) is 0 Å². The van der Waals surface area contributed by atoms with Crippen LogP contribution in [0, 0.1) is 0 Å². The molecule has 1 aliphatic rings. The number of aromatic nitrogens is 1. The van der Waals surface area contributed by atoms with Gasteiger partial charge in [0.05, 0.1) is 19.6 Å². The minimum Gasteiger partial charge on any atom is -0.494 e. The second-order valence-corrected chi connectivity index (χ2v) is 6.12. The summed E-state index contributed by atoms with van der Waals surface area (Å²) < 4.78 is 7.53. The second-order valence-electron chi connectivity index (χ2n) is 6.12. The summed E-state index contributed by atoms with van der Waals surface area (Å²) >= 11 is 0. The summed E-state index contributed by atoms with van der Waals surface area (Å²) in [6, 6.07) is 12.4. The molecule has 0 spiro atoms. The van der Waals surface area contributed by atoms with Crippen LogP contribution in [0.5, 0.6) is 5.75 Å². The molecule has 4 nitrogen and oxygen atoms in total. The minimum absolute atomic E-state index is 0.206. The summed E-state index contributed by atoms with van der Waals surface area (Å²) in [4.78, 5) is 14.8. The molecule has 1 aliphatic carbocycles. The van der Waals surface area contributed by atoms with E-state index >= 15 is 0 Å². The van der Waals surface area contributed by atoms with Crippen molar-refractivity contribution in [2.75, 3.05) is 6.61 Å². The van der Waals surface area contributed by atoms with Crippen LogP contribution < -0.4 is 4.74 Å². The Balaban J connectivity index is 1.65. The number of nitrogens with zero attached hydrogens (tertiary/aromatic N) is 2. The van der Waals surface area contributed by atoms with Crippen molar-refractivity contribution in [2.24, 2.45) is 7.05 Å². The fourth-order valence-electron chi connectivity index (χ4n) is 2.79. The van der Waals surface area contributed by atoms with E-state index in [4.69, 9.17) is 4.74 Å². The number of ether oxygens (including phenoxy) is 1. The van der Waals surface area contributed by atoms with E-state index in [-0.39, 0.29) is 5.91 Å². The van der Waals surface area contributed by atoms with Crippen molar-refractivity contribution in [3.8, 4) is 5.75 Å². The van der Waals surface area contributed by atoms with Crippen LogP contribution in [0.2, 0.25) is 0 Å². The first-order chi connectivity index (χ1) is 11.2. The maximum Gasteiger partial charge on any atom is 0.227 e. The number of carbonyl (C=O) groups is 1. The quantitative estimate of drug-likeness (QED) is 0.787. The molecule has 2 aromatic rings. The van der Waals surface area contributed by atoms with E-state index < -0.39 is 0 Å². The van der Waals surface area contributed by atoms with E-state index in [0.717, 1.165) is 24.2 Å². The number of benzene rings is 1. The molecule has 0 N–H and O–H groups in total. The van der Waals surface area contributed by atoms with Crippen molar-refractivity contribution in [2.45, 2.75) is 38.8 Å². The van der Waals surface area contributed by atoms with Gasteiger partial charge >= 0.3 is 0 Å². The van der Waals surface area contributed by atoms with Crippen molar-refractivity contribution in [3.05, 3.63) is 53.9 Å². The summed E-state index contributed by atoms with van der Waals surface area (Å²) in [6.07, 6.45) is 4.73. The number of hydrogen-bond acceptors (Lipinski definition) is 2. The third kappa shape index (κ3) is 3.95. The van der Waals surface area contributed by atoms with Gasteiger partial charge in [0.25, 0.3) is 0 Å². The largest absolute Gasteiger partial charge is 0.494 e. The van der Waals surface area contributed by atoms with Crippen LogP contribution in [0.15, 0.2) is 42.6 Å². The lowest BCUT2D eigenvalue weighted by atomic mass is 10.1. The van der Waals surface area contributed by atoms with Crippen molar-refractivity contribution in [1.82, 2.24) is 9.47 Å². The van der Waals surface area contributed by atoms with Gasteiger partial charge in [0.2, 0.25) is 5.91 Å². The Morgan fingerprint density at radius 3 is 2.57 bits per heavy atom. The SMILES string of the molecule is CCOc1ccc(CC(=O)N(Cc2cccn2C)C2CC2)cc1. The van der Waals surface area contributed by atoms with Crippen molar-refractivity contribution < 1.29 is 9.53 Å². The summed E-state index contributed by atoms with van der Waals surface area (Å²) in [5.41, 5.74) is 2.22. The standard InChI is InChI=1S/C19H24N2O2/c1-3-23-18-10-6-15(7-11-18)13-19(22)21(16-8-9-16)14-17-5-4-12-20(17)2/h4-7,10-12,16H,3,8-9,13-14H2,1-2H3. The number of carbonyl (C=O) groups excluding carboxylic acids is 1. The van der Waals surface area contributed by atoms with Crippen LogP contribution >= 0.6 is 0 Å². The average Bonchev–Trinajstić information content (AvgIpc) is 3.30. The highest BCUT2D eigenvalue weighted by Gasteiger charge is 2.32. The van der Waals surface area contributed by atoms with Gasteiger partial charge in [0, 0.05) is 25.0 Å². The maximum absolute atomic E-state index is 12.7. The van der Waals surface area contributed by atoms with Gasteiger partial charge in [0.15, 0.2) is 0 Å². The predicted molar refractivity (Wildman–Crippen MR) is 90.3 cm³/mol. The smallest absolute Gasteiger partial charge is 0.227 e. The molecule has 0 aliphatic heterocycles. The highest BCUT2D eigenvalue weighted by Crippen LogP contribution is 2.29. The first-order valence-corrected chi connectivity index (χ1v) is 8.28. The van der Waals surface area contributed by atoms with E-state index in [9.17, 15) is 4.79 Å². The molecular weight excluding hydrogens is 288 g/mol. The Hall–Kier alpha value is -2.23. The number of rotatable bonds is 7. The summed E-state index contributed by atoms with van der Waals surface area (Å²) in [7, 11) is 2.03. The van der Waals surface area contributed by atoms with Crippen LogP contribution in [0.1, 0.15) is 31.0 Å². The van der Waals surface area contributed by atoms with Gasteiger partial charge in [-0.05, 0) is 49.6 Å². The van der Waals surface area contributed by atoms with Crippen molar-refractivity contribution in [1.29, 1.82) is 0 Å². The zero-order valence-corrected chi connectivity index (χ0v) is 13.9. The molecule has 0 radical (unpaired) electrons. The molecule has 1 aromatic carbocycles. The molecule has 1 saturated carbocycles. The molecule has 0 bridgehead atoms. The van der Waals surface area contributed by atoms with E-state index in [1.807, 2.05) is 55.4 Å². The Labute approximate surface area is 137 Å². The van der Waals surface area contributed by atoms with E-state index in [1.54, 1.807) is 0 Å². The number of aryl methyl sites for hydroxylation is 1. The van der Waals surface area contributed by atoms with Gasteiger partial charge in [-0.2, -0.15) is 0 Å². The monoisotopic (exact) mass is 312 g/mol. The molecular formula is C19H24N2O2. The van der Waals surface area contributed by atoms with Crippen LogP contribution in [-0.4, -0.2) is 28.0 Å². The summed E-state index contributed by atoms with van der Waals surface area (Å²) in [5, 5.41) is 0. The van der Waals surface area contributed by atoms with Gasteiger partial charge in [-0.15, -0.1) is 0 Å². The number of amides is 1. The topological polar surface area (TPSA) is 34.5 Å². The summed E-state index contributed by atoms with van der Waals surface area (Å²) in [5.74, 6) is 1.06. The van der Waals surface area contributed by atoms with Gasteiger partial charge in [-0.25, -0.2) is 0 Å². The fourth-order valence-corrected chi connectivity index (χ4v) is 2.79. The predicted octanol–water partition coefficient (Wildman–Crippen LogP) is 3.16. The van der Waals surface area contributed by atoms with Crippen LogP contribution in [0.4, 0.5) is 0 Å². The molecule has 1 aromatic heterocycles. The lowest BCUT2D eigenvalue weighted by Crippen LogP contribution is -2.34. The molecule has 0 unspecified atom stereocenters. The normalized spacial score (nSPS) is 13.8. The molecule has 4 heteroatoms. The Morgan fingerprint density at radius 1 is 1.26 bits per heavy atom. The highest BCUT2D eigenvalue weighted by atomic mass is 16.5. The first-order valence-electron chi connectivity index (χ1n) is 8.28. The third-order valence-corrected chi connectivity index (χ3v) is 4.28. The lowest BCUT2D eigenvalue weighted by molar-refractivity contribution is -0.131. The lowest BCUT2D eigenvalue weighted by Gasteiger charge is -2.23. The van der Waals surface area contributed by atoms with E-state index in [1.165, 1.54) is 5.69 Å². The molecule has 0 atom stereocenters. The highest BCUT2D eigenvalue weighted by molar-refractivity contribution is 5.79. The Kier molecular flexibility index (Phi) is 4.70. The molecule has 1 amide bonds. The first kappa shape index (κ1) is 15.7. The molecule has 1 heterocycles. The van der Waals surface area contributed by atoms with E-state index in [2.05, 4.69) is 10.6 Å². The van der Waals surface area contributed by atoms with Crippen LogP contribution in [0.3, 0.4) is 0 Å². The Bertz CT molecular complexity index is 656. The fraction of sp³-hybridized carbons (Fsp3) is 0.421. The van der Waals surface area contributed by atoms with Gasteiger partial charge < -0.3 is 14.2 Å². The molecule has 3 rings (SSSR count). The van der Waals surface area contributed by atoms with Crippen molar-refractivity contribution in [3.63, 3.8) is 0 Å². The molecule has 122 valence electrons. The Morgan fingerprint density at radius 2 is 2.00 bits per heavy atom. The molecule has 0 saturated heterocycles. The average molecular weight is 312 g/mol. The second kappa shape index (κ2) is 6.90. The van der Waals surface area contributed by atoms with Crippen LogP contribution in [-0.2, 0) is 24.8 Å². The third-order valence-electron chi connectivity index (χ3n) is 4.28. The molecule has 23 heavy (non-hydrogen) atoms. The zero-order chi connectivity index (χ0) is 16.2. The van der Waals surface area contributed by atoms with Gasteiger partial charge in [-0.1, -0.05) is 12.1 Å². The maximum atomic E-state index is 12.7. The van der Waals surface area contributed by atoms with Gasteiger partial charge in [0.1, 0.15) is 5.75 Å². The number of hydrogen-bond donors (Lipinski definition) is 0. The molecule has 1 fully saturated rings. The van der Waals surface area contributed by atoms with Gasteiger partial charge in [-0.3, -0.25) is 4.79 Å². The summed E-state index contributed by atoms with van der Waals surface area (Å²) in [6.45, 7) is 3.32. The minimum atomic E-state index is 0.206. The van der Waals surface area contributed by atoms with E-state index in [0.29, 0.717) is 25.6 Å². The zero-order valence-electron chi connectivity index (χ0n) is 13.9.